The van der Waals surface area contributed by atoms with E-state index in [0.29, 0.717) is 0 Å². The molecular formula is C53H42N2O. The van der Waals surface area contributed by atoms with E-state index in [1.54, 1.807) is 7.11 Å². The first-order valence-corrected chi connectivity index (χ1v) is 19.4. The fourth-order valence-electron chi connectivity index (χ4n) is 8.98. The van der Waals surface area contributed by atoms with E-state index >= 15 is 0 Å². The van der Waals surface area contributed by atoms with Crippen molar-refractivity contribution in [2.75, 3.05) is 12.0 Å². The second kappa shape index (κ2) is 13.2. The standard InChI is InChI=1S/C53H42N2O/c1-35-25-26-41(34-52(35)56-4)54(49-22-11-8-19-42(49)38-18-14-17-37(31-38)36-15-6-5-7-16-36)39-27-29-43-44-30-28-40(33-48(44)53(2,3)47(43)32-39)55-50-23-12-9-20-45(50)46-21-10-13-24-51(46)55/h5-34H,1-4H3. The van der Waals surface area contributed by atoms with Gasteiger partial charge in [0.15, 0.2) is 0 Å². The molecule has 0 fully saturated rings. The number of fused-ring (bicyclic) bond motifs is 6. The molecule has 0 radical (unpaired) electrons. The molecule has 10 rings (SSSR count). The van der Waals surface area contributed by atoms with Gasteiger partial charge in [0.1, 0.15) is 5.75 Å². The molecule has 0 N–H and O–H groups in total. The summed E-state index contributed by atoms with van der Waals surface area (Å²) in [6.07, 6.45) is 0. The Labute approximate surface area is 328 Å². The first-order valence-electron chi connectivity index (χ1n) is 19.4. The van der Waals surface area contributed by atoms with Crippen LogP contribution in [0.4, 0.5) is 17.1 Å². The molecular weight excluding hydrogens is 681 g/mol. The van der Waals surface area contributed by atoms with Crippen molar-refractivity contribution in [1.29, 1.82) is 0 Å². The average Bonchev–Trinajstić information content (AvgIpc) is 3.70. The number of anilines is 3. The summed E-state index contributed by atoms with van der Waals surface area (Å²) < 4.78 is 8.33. The van der Waals surface area contributed by atoms with Crippen LogP contribution >= 0.6 is 0 Å². The molecule has 0 aliphatic heterocycles. The van der Waals surface area contributed by atoms with Crippen LogP contribution in [0, 0.1) is 6.92 Å². The molecule has 270 valence electrons. The largest absolute Gasteiger partial charge is 0.496 e. The summed E-state index contributed by atoms with van der Waals surface area (Å²) in [6, 6.07) is 66.3. The van der Waals surface area contributed by atoms with Gasteiger partial charge >= 0.3 is 0 Å². The van der Waals surface area contributed by atoms with Crippen molar-refractivity contribution in [1.82, 2.24) is 4.57 Å². The van der Waals surface area contributed by atoms with Gasteiger partial charge < -0.3 is 14.2 Å². The number of aryl methyl sites for hydroxylation is 1. The highest BCUT2D eigenvalue weighted by molar-refractivity contribution is 6.09. The van der Waals surface area contributed by atoms with Crippen LogP contribution < -0.4 is 9.64 Å². The maximum absolute atomic E-state index is 5.90. The van der Waals surface area contributed by atoms with Crippen LogP contribution in [0.2, 0.25) is 0 Å². The van der Waals surface area contributed by atoms with Gasteiger partial charge in [-0.2, -0.15) is 0 Å². The van der Waals surface area contributed by atoms with Gasteiger partial charge in [0.2, 0.25) is 0 Å². The fraction of sp³-hybridized carbons (Fsp3) is 0.0943. The maximum atomic E-state index is 5.90. The highest BCUT2D eigenvalue weighted by Crippen LogP contribution is 2.52. The molecule has 9 aromatic rings. The van der Waals surface area contributed by atoms with Gasteiger partial charge in [0, 0.05) is 44.9 Å². The van der Waals surface area contributed by atoms with E-state index in [1.165, 1.54) is 60.9 Å². The van der Waals surface area contributed by atoms with E-state index in [0.717, 1.165) is 39.5 Å². The van der Waals surface area contributed by atoms with E-state index < -0.39 is 0 Å². The number of para-hydroxylation sites is 3. The maximum Gasteiger partial charge on any atom is 0.123 e. The third-order valence-electron chi connectivity index (χ3n) is 11.8. The van der Waals surface area contributed by atoms with E-state index in [-0.39, 0.29) is 5.41 Å². The summed E-state index contributed by atoms with van der Waals surface area (Å²) >= 11 is 0. The van der Waals surface area contributed by atoms with Gasteiger partial charge in [-0.05, 0) is 106 Å². The van der Waals surface area contributed by atoms with Crippen molar-refractivity contribution in [3.8, 4) is 44.8 Å². The van der Waals surface area contributed by atoms with Gasteiger partial charge in [-0.25, -0.2) is 0 Å². The van der Waals surface area contributed by atoms with Gasteiger partial charge in [-0.1, -0.05) is 135 Å². The lowest BCUT2D eigenvalue weighted by Crippen LogP contribution is -2.17. The van der Waals surface area contributed by atoms with Crippen molar-refractivity contribution in [3.63, 3.8) is 0 Å². The van der Waals surface area contributed by atoms with Crippen LogP contribution in [0.15, 0.2) is 182 Å². The van der Waals surface area contributed by atoms with Gasteiger partial charge in [-0.15, -0.1) is 0 Å². The number of hydrogen-bond donors (Lipinski definition) is 0. The molecule has 0 bridgehead atoms. The second-order valence-corrected chi connectivity index (χ2v) is 15.4. The molecule has 0 unspecified atom stereocenters. The molecule has 1 heterocycles. The summed E-state index contributed by atoms with van der Waals surface area (Å²) in [5.74, 6) is 0.863. The van der Waals surface area contributed by atoms with Crippen LogP contribution in [-0.4, -0.2) is 11.7 Å². The topological polar surface area (TPSA) is 17.4 Å². The molecule has 0 amide bonds. The number of nitrogens with zero attached hydrogens (tertiary/aromatic N) is 2. The van der Waals surface area contributed by atoms with Crippen molar-refractivity contribution in [3.05, 3.63) is 199 Å². The third-order valence-corrected chi connectivity index (χ3v) is 11.8. The lowest BCUT2D eigenvalue weighted by molar-refractivity contribution is 0.412. The number of hydrogen-bond acceptors (Lipinski definition) is 2. The number of methoxy groups -OCH3 is 1. The first kappa shape index (κ1) is 33.7. The summed E-state index contributed by atoms with van der Waals surface area (Å²) in [4.78, 5) is 2.40. The van der Waals surface area contributed by atoms with E-state index in [4.69, 9.17) is 4.74 Å². The third kappa shape index (κ3) is 5.34. The van der Waals surface area contributed by atoms with Crippen LogP contribution in [0.3, 0.4) is 0 Å². The zero-order valence-electron chi connectivity index (χ0n) is 32.1. The van der Waals surface area contributed by atoms with E-state index in [9.17, 15) is 0 Å². The zero-order valence-corrected chi connectivity index (χ0v) is 32.1. The second-order valence-electron chi connectivity index (χ2n) is 15.4. The molecule has 0 saturated heterocycles. The Bertz CT molecular complexity index is 2900. The van der Waals surface area contributed by atoms with Crippen molar-refractivity contribution in [2.24, 2.45) is 0 Å². The highest BCUT2D eigenvalue weighted by atomic mass is 16.5. The van der Waals surface area contributed by atoms with Crippen LogP contribution in [0.5, 0.6) is 5.75 Å². The Kier molecular flexibility index (Phi) is 7.93. The molecule has 3 nitrogen and oxygen atoms in total. The molecule has 1 aliphatic carbocycles. The summed E-state index contributed by atoms with van der Waals surface area (Å²) in [5.41, 5.74) is 17.7. The zero-order chi connectivity index (χ0) is 38.0. The lowest BCUT2D eigenvalue weighted by atomic mass is 9.82. The number of aromatic nitrogens is 1. The lowest BCUT2D eigenvalue weighted by Gasteiger charge is -2.30. The Balaban J connectivity index is 1.12. The fourth-order valence-corrected chi connectivity index (χ4v) is 8.98. The first-order chi connectivity index (χ1) is 27.4. The number of rotatable bonds is 7. The molecule has 0 spiro atoms. The van der Waals surface area contributed by atoms with Crippen molar-refractivity contribution >= 4 is 38.9 Å². The smallest absolute Gasteiger partial charge is 0.123 e. The normalized spacial score (nSPS) is 12.8. The van der Waals surface area contributed by atoms with Crippen molar-refractivity contribution < 1.29 is 4.74 Å². The predicted molar refractivity (Wildman–Crippen MR) is 235 cm³/mol. The summed E-state index contributed by atoms with van der Waals surface area (Å²) in [5, 5.41) is 2.55. The molecule has 56 heavy (non-hydrogen) atoms. The SMILES string of the molecule is COc1cc(N(c2ccc3c(c2)C(C)(C)c2cc(-n4c5ccccc5c5ccccc54)ccc2-3)c2ccccc2-c2cccc(-c3ccccc3)c2)ccc1C. The monoisotopic (exact) mass is 722 g/mol. The molecule has 1 aliphatic rings. The Morgan fingerprint density at radius 2 is 1.07 bits per heavy atom. The van der Waals surface area contributed by atoms with Gasteiger partial charge in [0.25, 0.3) is 0 Å². The van der Waals surface area contributed by atoms with Gasteiger partial charge in [-0.3, -0.25) is 0 Å². The Morgan fingerprint density at radius 3 is 1.82 bits per heavy atom. The minimum absolute atomic E-state index is 0.240. The molecule has 0 saturated carbocycles. The Morgan fingerprint density at radius 1 is 0.482 bits per heavy atom. The van der Waals surface area contributed by atoms with Crippen LogP contribution in [-0.2, 0) is 5.41 Å². The highest BCUT2D eigenvalue weighted by Gasteiger charge is 2.37. The minimum Gasteiger partial charge on any atom is -0.496 e. The minimum atomic E-state index is -0.240. The van der Waals surface area contributed by atoms with E-state index in [2.05, 4.69) is 212 Å². The number of benzene rings is 8. The summed E-state index contributed by atoms with van der Waals surface area (Å²) in [7, 11) is 1.75. The van der Waals surface area contributed by atoms with Crippen molar-refractivity contribution in [2.45, 2.75) is 26.2 Å². The van der Waals surface area contributed by atoms with E-state index in [1.807, 2.05) is 0 Å². The Hall–Kier alpha value is -6.84. The summed E-state index contributed by atoms with van der Waals surface area (Å²) in [6.45, 7) is 6.84. The molecule has 0 atom stereocenters. The molecule has 8 aromatic carbocycles. The van der Waals surface area contributed by atoms with Crippen LogP contribution in [0.1, 0.15) is 30.5 Å². The molecule has 3 heteroatoms. The van der Waals surface area contributed by atoms with Crippen LogP contribution in [0.25, 0.3) is 60.9 Å². The quantitative estimate of drug-likeness (QED) is 0.163. The molecule has 1 aromatic heterocycles. The number of ether oxygens (including phenoxy) is 1. The predicted octanol–water partition coefficient (Wildman–Crippen LogP) is 14.2. The van der Waals surface area contributed by atoms with Gasteiger partial charge in [0.05, 0.1) is 23.8 Å². The average molecular weight is 723 g/mol.